The Kier molecular flexibility index (Phi) is 6.69. The van der Waals surface area contributed by atoms with E-state index in [4.69, 9.17) is 0 Å². The number of unbranched alkanes of at least 4 members (excludes halogenated alkanes) is 1. The van der Waals surface area contributed by atoms with Crippen molar-refractivity contribution in [1.82, 2.24) is 9.97 Å². The SMILES string of the molecule is CCCCC(C)Nc1nc(NCCC)ncc1[N+](=O)[O-]. The highest BCUT2D eigenvalue weighted by Gasteiger charge is 2.18. The smallest absolute Gasteiger partial charge is 0.329 e. The molecule has 112 valence electrons. The normalized spacial score (nSPS) is 11.9. The van der Waals surface area contributed by atoms with Gasteiger partial charge in [-0.3, -0.25) is 10.1 Å². The van der Waals surface area contributed by atoms with Gasteiger partial charge in [0.2, 0.25) is 11.8 Å². The molecule has 1 aromatic rings. The Morgan fingerprint density at radius 3 is 2.75 bits per heavy atom. The minimum Gasteiger partial charge on any atom is -0.362 e. The van der Waals surface area contributed by atoms with Gasteiger partial charge in [0.15, 0.2) is 0 Å². The predicted octanol–water partition coefficient (Wildman–Crippen LogP) is 3.20. The standard InChI is InChI=1S/C13H23N5O2/c1-4-6-7-10(3)16-12-11(18(19)20)9-15-13(17-12)14-8-5-2/h9-10H,4-8H2,1-3H3,(H2,14,15,16,17). The molecule has 0 saturated carbocycles. The van der Waals surface area contributed by atoms with E-state index < -0.39 is 4.92 Å². The number of hydrogen-bond donors (Lipinski definition) is 2. The highest BCUT2D eigenvalue weighted by molar-refractivity contribution is 5.57. The molecule has 20 heavy (non-hydrogen) atoms. The summed E-state index contributed by atoms with van der Waals surface area (Å²) in [6.45, 7) is 6.89. The lowest BCUT2D eigenvalue weighted by molar-refractivity contribution is -0.384. The van der Waals surface area contributed by atoms with Crippen LogP contribution >= 0.6 is 0 Å². The molecule has 0 aliphatic rings. The molecular formula is C13H23N5O2. The molecule has 0 fully saturated rings. The lowest BCUT2D eigenvalue weighted by Gasteiger charge is -2.14. The summed E-state index contributed by atoms with van der Waals surface area (Å²) >= 11 is 0. The van der Waals surface area contributed by atoms with Gasteiger partial charge < -0.3 is 10.6 Å². The molecule has 0 radical (unpaired) electrons. The molecule has 2 N–H and O–H groups in total. The Balaban J connectivity index is 2.85. The maximum Gasteiger partial charge on any atom is 0.329 e. The van der Waals surface area contributed by atoms with Crippen LogP contribution in [0.4, 0.5) is 17.5 Å². The van der Waals surface area contributed by atoms with Gasteiger partial charge in [0.25, 0.3) is 0 Å². The summed E-state index contributed by atoms with van der Waals surface area (Å²) in [6.07, 6.45) is 5.32. The fraction of sp³-hybridized carbons (Fsp3) is 0.692. The van der Waals surface area contributed by atoms with Gasteiger partial charge in [0, 0.05) is 12.6 Å². The van der Waals surface area contributed by atoms with E-state index in [9.17, 15) is 10.1 Å². The third kappa shape index (κ3) is 4.99. The summed E-state index contributed by atoms with van der Waals surface area (Å²) in [5.41, 5.74) is -0.0876. The second kappa shape index (κ2) is 8.29. The topological polar surface area (TPSA) is 93.0 Å². The number of nitro groups is 1. The molecule has 0 aromatic carbocycles. The first-order chi connectivity index (χ1) is 9.58. The molecule has 7 nitrogen and oxygen atoms in total. The third-order valence-electron chi connectivity index (χ3n) is 2.87. The Morgan fingerprint density at radius 1 is 1.40 bits per heavy atom. The average molecular weight is 281 g/mol. The van der Waals surface area contributed by atoms with E-state index in [1.807, 2.05) is 13.8 Å². The molecule has 0 saturated heterocycles. The predicted molar refractivity (Wildman–Crippen MR) is 80.1 cm³/mol. The van der Waals surface area contributed by atoms with Crippen LogP contribution in [-0.4, -0.2) is 27.5 Å². The minimum absolute atomic E-state index is 0.0876. The van der Waals surface area contributed by atoms with Gasteiger partial charge in [0.1, 0.15) is 6.20 Å². The van der Waals surface area contributed by atoms with E-state index in [2.05, 4.69) is 27.5 Å². The van der Waals surface area contributed by atoms with Gasteiger partial charge in [-0.25, -0.2) is 4.98 Å². The van der Waals surface area contributed by atoms with Crippen LogP contribution in [0.2, 0.25) is 0 Å². The van der Waals surface area contributed by atoms with Crippen LogP contribution in [0.5, 0.6) is 0 Å². The second-order valence-electron chi connectivity index (χ2n) is 4.80. The van der Waals surface area contributed by atoms with Gasteiger partial charge in [0.05, 0.1) is 4.92 Å². The van der Waals surface area contributed by atoms with Crippen molar-refractivity contribution in [3.8, 4) is 0 Å². The quantitative estimate of drug-likeness (QED) is 0.533. The van der Waals surface area contributed by atoms with Crippen LogP contribution in [0.15, 0.2) is 6.20 Å². The second-order valence-corrected chi connectivity index (χ2v) is 4.80. The molecule has 1 aromatic heterocycles. The van der Waals surface area contributed by atoms with Crippen molar-refractivity contribution in [2.24, 2.45) is 0 Å². The molecule has 0 aliphatic carbocycles. The first kappa shape index (κ1) is 16.1. The number of anilines is 2. The summed E-state index contributed by atoms with van der Waals surface area (Å²) in [6, 6.07) is 0.141. The number of hydrogen-bond acceptors (Lipinski definition) is 6. The van der Waals surface area contributed by atoms with Crippen molar-refractivity contribution >= 4 is 17.5 Å². The molecule has 0 aliphatic heterocycles. The molecule has 1 heterocycles. The number of nitrogens with zero attached hydrogens (tertiary/aromatic N) is 3. The lowest BCUT2D eigenvalue weighted by atomic mass is 10.1. The third-order valence-corrected chi connectivity index (χ3v) is 2.87. The van der Waals surface area contributed by atoms with Gasteiger partial charge >= 0.3 is 5.69 Å². The lowest BCUT2D eigenvalue weighted by Crippen LogP contribution is -2.18. The fourth-order valence-electron chi connectivity index (χ4n) is 1.75. The number of nitrogens with one attached hydrogen (secondary N) is 2. The molecule has 1 unspecified atom stereocenters. The largest absolute Gasteiger partial charge is 0.362 e. The summed E-state index contributed by atoms with van der Waals surface area (Å²) in [4.78, 5) is 18.7. The highest BCUT2D eigenvalue weighted by Crippen LogP contribution is 2.23. The Morgan fingerprint density at radius 2 is 2.15 bits per heavy atom. The van der Waals surface area contributed by atoms with E-state index in [1.54, 1.807) is 0 Å². The summed E-state index contributed by atoms with van der Waals surface area (Å²) < 4.78 is 0. The van der Waals surface area contributed by atoms with Crippen LogP contribution in [0.1, 0.15) is 46.5 Å². The summed E-state index contributed by atoms with van der Waals surface area (Å²) in [5.74, 6) is 0.704. The number of rotatable bonds is 9. The van der Waals surface area contributed by atoms with E-state index in [0.717, 1.165) is 32.2 Å². The Hall–Kier alpha value is -1.92. The first-order valence-corrected chi connectivity index (χ1v) is 7.10. The van der Waals surface area contributed by atoms with Gasteiger partial charge in [-0.1, -0.05) is 26.7 Å². The molecule has 0 spiro atoms. The Labute approximate surface area is 119 Å². The Bertz CT molecular complexity index is 439. The maximum absolute atomic E-state index is 11.0. The molecular weight excluding hydrogens is 258 g/mol. The van der Waals surface area contributed by atoms with Crippen LogP contribution in [0, 0.1) is 10.1 Å². The van der Waals surface area contributed by atoms with Crippen molar-refractivity contribution in [3.05, 3.63) is 16.3 Å². The average Bonchev–Trinajstić information content (AvgIpc) is 2.42. The van der Waals surface area contributed by atoms with Crippen molar-refractivity contribution < 1.29 is 4.92 Å². The molecule has 7 heteroatoms. The molecule has 1 atom stereocenters. The number of aromatic nitrogens is 2. The zero-order chi connectivity index (χ0) is 15.0. The van der Waals surface area contributed by atoms with E-state index >= 15 is 0 Å². The maximum atomic E-state index is 11.0. The molecule has 1 rings (SSSR count). The van der Waals surface area contributed by atoms with E-state index in [-0.39, 0.29) is 17.5 Å². The summed E-state index contributed by atoms with van der Waals surface area (Å²) in [5, 5.41) is 17.2. The van der Waals surface area contributed by atoms with Gasteiger partial charge in [-0.2, -0.15) is 4.98 Å². The van der Waals surface area contributed by atoms with Gasteiger partial charge in [-0.05, 0) is 19.8 Å². The fourth-order valence-corrected chi connectivity index (χ4v) is 1.75. The van der Waals surface area contributed by atoms with Crippen molar-refractivity contribution in [1.29, 1.82) is 0 Å². The van der Waals surface area contributed by atoms with Crippen molar-refractivity contribution in [2.45, 2.75) is 52.5 Å². The van der Waals surface area contributed by atoms with E-state index in [1.165, 1.54) is 6.20 Å². The monoisotopic (exact) mass is 281 g/mol. The van der Waals surface area contributed by atoms with Gasteiger partial charge in [-0.15, -0.1) is 0 Å². The summed E-state index contributed by atoms with van der Waals surface area (Å²) in [7, 11) is 0. The molecule has 0 amide bonds. The highest BCUT2D eigenvalue weighted by atomic mass is 16.6. The minimum atomic E-state index is -0.460. The van der Waals surface area contributed by atoms with Crippen molar-refractivity contribution in [2.75, 3.05) is 17.2 Å². The zero-order valence-corrected chi connectivity index (χ0v) is 12.3. The van der Waals surface area contributed by atoms with E-state index in [0.29, 0.717) is 5.95 Å². The van der Waals surface area contributed by atoms with Crippen LogP contribution < -0.4 is 10.6 Å². The zero-order valence-electron chi connectivity index (χ0n) is 12.3. The molecule has 0 bridgehead atoms. The van der Waals surface area contributed by atoms with Crippen LogP contribution in [0.25, 0.3) is 0 Å². The first-order valence-electron chi connectivity index (χ1n) is 7.10. The van der Waals surface area contributed by atoms with Crippen molar-refractivity contribution in [3.63, 3.8) is 0 Å². The van der Waals surface area contributed by atoms with Crippen LogP contribution in [-0.2, 0) is 0 Å². The van der Waals surface area contributed by atoms with Crippen LogP contribution in [0.3, 0.4) is 0 Å².